The Morgan fingerprint density at radius 2 is 1.80 bits per heavy atom. The molecule has 0 bridgehead atoms. The molecule has 82 valence electrons. The molecule has 2 atom stereocenters. The Hall–Kier alpha value is -0.770. The molecule has 0 heterocycles. The number of hydrogen-bond donors (Lipinski definition) is 2. The molecule has 1 aromatic carbocycles. The van der Waals surface area contributed by atoms with Crippen LogP contribution in [0.5, 0.6) is 0 Å². The largest absolute Gasteiger partial charge is 0.480 e. The number of halogens is 2. The van der Waals surface area contributed by atoms with E-state index in [0.717, 1.165) is 5.56 Å². The minimum absolute atomic E-state index is 0.335. The number of carboxylic acid groups (broad SMARTS) is 1. The van der Waals surface area contributed by atoms with Gasteiger partial charge in [-0.15, -0.1) is 0 Å². The van der Waals surface area contributed by atoms with Crippen LogP contribution >= 0.6 is 23.2 Å². The number of nitrogens with two attached hydrogens (primary N) is 1. The standard InChI is InChI=1S/C10H11Cl2NO2/c1-5(9(13)10(14)15)6-2-7(11)4-8(12)3-6/h2-5,9H,13H2,1H3,(H,14,15). The summed E-state index contributed by atoms with van der Waals surface area (Å²) in [6, 6.07) is 3.97. The molecule has 0 amide bonds. The van der Waals surface area contributed by atoms with Gasteiger partial charge in [0.1, 0.15) is 6.04 Å². The van der Waals surface area contributed by atoms with Crippen molar-refractivity contribution in [2.45, 2.75) is 18.9 Å². The van der Waals surface area contributed by atoms with Crippen molar-refractivity contribution in [3.63, 3.8) is 0 Å². The summed E-state index contributed by atoms with van der Waals surface area (Å²) in [7, 11) is 0. The maximum absolute atomic E-state index is 10.7. The Morgan fingerprint density at radius 3 is 2.20 bits per heavy atom. The van der Waals surface area contributed by atoms with E-state index in [1.165, 1.54) is 0 Å². The lowest BCUT2D eigenvalue weighted by molar-refractivity contribution is -0.139. The number of aliphatic carboxylic acids is 1. The summed E-state index contributed by atoms with van der Waals surface area (Å²) in [5.74, 6) is -1.38. The topological polar surface area (TPSA) is 63.3 Å². The fraction of sp³-hybridized carbons (Fsp3) is 0.300. The molecule has 1 rings (SSSR count). The second-order valence-electron chi connectivity index (χ2n) is 3.36. The van der Waals surface area contributed by atoms with E-state index in [1.807, 2.05) is 0 Å². The maximum Gasteiger partial charge on any atom is 0.321 e. The van der Waals surface area contributed by atoms with Gasteiger partial charge in [0.15, 0.2) is 0 Å². The van der Waals surface area contributed by atoms with Crippen molar-refractivity contribution in [1.29, 1.82) is 0 Å². The van der Waals surface area contributed by atoms with Crippen LogP contribution in [0.25, 0.3) is 0 Å². The smallest absolute Gasteiger partial charge is 0.321 e. The number of carboxylic acids is 1. The molecule has 0 fully saturated rings. The van der Waals surface area contributed by atoms with Gasteiger partial charge in [-0.05, 0) is 23.8 Å². The summed E-state index contributed by atoms with van der Waals surface area (Å²) in [6.45, 7) is 1.72. The molecule has 3 nitrogen and oxygen atoms in total. The molecule has 0 aromatic heterocycles. The van der Waals surface area contributed by atoms with E-state index in [1.54, 1.807) is 25.1 Å². The molecular weight excluding hydrogens is 237 g/mol. The second kappa shape index (κ2) is 4.84. The minimum atomic E-state index is -1.04. The highest BCUT2D eigenvalue weighted by molar-refractivity contribution is 6.34. The highest BCUT2D eigenvalue weighted by Crippen LogP contribution is 2.26. The van der Waals surface area contributed by atoms with E-state index in [9.17, 15) is 4.79 Å². The summed E-state index contributed by atoms with van der Waals surface area (Å²) < 4.78 is 0. The zero-order chi connectivity index (χ0) is 11.6. The Bertz CT molecular complexity index is 361. The van der Waals surface area contributed by atoms with Gasteiger partial charge in [-0.3, -0.25) is 4.79 Å². The van der Waals surface area contributed by atoms with Crippen LogP contribution in [0.4, 0.5) is 0 Å². The first-order valence-corrected chi connectivity index (χ1v) is 5.12. The van der Waals surface area contributed by atoms with Gasteiger partial charge in [0.2, 0.25) is 0 Å². The third-order valence-corrected chi connectivity index (χ3v) is 2.67. The van der Waals surface area contributed by atoms with Crippen molar-refractivity contribution >= 4 is 29.2 Å². The van der Waals surface area contributed by atoms with Crippen molar-refractivity contribution in [3.05, 3.63) is 33.8 Å². The lowest BCUT2D eigenvalue weighted by Crippen LogP contribution is -2.35. The second-order valence-corrected chi connectivity index (χ2v) is 4.23. The van der Waals surface area contributed by atoms with Gasteiger partial charge >= 0.3 is 5.97 Å². The van der Waals surface area contributed by atoms with Crippen LogP contribution in [0.2, 0.25) is 10.0 Å². The highest BCUT2D eigenvalue weighted by Gasteiger charge is 2.21. The van der Waals surface area contributed by atoms with Crippen LogP contribution in [0.3, 0.4) is 0 Å². The molecule has 0 saturated heterocycles. The summed E-state index contributed by atoms with van der Waals surface area (Å²) in [6.07, 6.45) is 0. The molecule has 0 radical (unpaired) electrons. The third kappa shape index (κ3) is 3.09. The molecule has 0 aliphatic carbocycles. The fourth-order valence-corrected chi connectivity index (χ4v) is 1.80. The molecule has 15 heavy (non-hydrogen) atoms. The number of hydrogen-bond acceptors (Lipinski definition) is 2. The van der Waals surface area contributed by atoms with Gasteiger partial charge in [-0.2, -0.15) is 0 Å². The van der Waals surface area contributed by atoms with Crippen LogP contribution < -0.4 is 5.73 Å². The van der Waals surface area contributed by atoms with Gasteiger partial charge < -0.3 is 10.8 Å². The van der Waals surface area contributed by atoms with E-state index < -0.39 is 12.0 Å². The third-order valence-electron chi connectivity index (χ3n) is 2.23. The zero-order valence-corrected chi connectivity index (χ0v) is 9.59. The first-order valence-electron chi connectivity index (χ1n) is 4.36. The average Bonchev–Trinajstić information content (AvgIpc) is 2.13. The number of benzene rings is 1. The predicted octanol–water partition coefficient (Wildman–Crippen LogP) is 2.51. The van der Waals surface area contributed by atoms with E-state index in [2.05, 4.69) is 0 Å². The molecular formula is C10H11Cl2NO2. The summed E-state index contributed by atoms with van der Waals surface area (Å²) in [5, 5.41) is 9.71. The molecule has 0 saturated carbocycles. The number of rotatable bonds is 3. The zero-order valence-electron chi connectivity index (χ0n) is 8.08. The van der Waals surface area contributed by atoms with Crippen LogP contribution in [0.15, 0.2) is 18.2 Å². The van der Waals surface area contributed by atoms with E-state index in [4.69, 9.17) is 34.0 Å². The SMILES string of the molecule is CC(c1cc(Cl)cc(Cl)c1)C(N)C(=O)O. The molecule has 2 unspecified atom stereocenters. The summed E-state index contributed by atoms with van der Waals surface area (Å²) >= 11 is 11.6. The van der Waals surface area contributed by atoms with Crippen molar-refractivity contribution in [2.75, 3.05) is 0 Å². The Kier molecular flexibility index (Phi) is 3.97. The Labute approximate surface area is 97.8 Å². The normalized spacial score (nSPS) is 14.7. The van der Waals surface area contributed by atoms with Crippen molar-refractivity contribution in [3.8, 4) is 0 Å². The maximum atomic E-state index is 10.7. The first kappa shape index (κ1) is 12.3. The molecule has 0 spiro atoms. The molecule has 1 aromatic rings. The number of carbonyl (C=O) groups is 1. The van der Waals surface area contributed by atoms with E-state index in [-0.39, 0.29) is 5.92 Å². The summed E-state index contributed by atoms with van der Waals surface area (Å²) in [5.41, 5.74) is 6.23. The van der Waals surface area contributed by atoms with Crippen molar-refractivity contribution in [1.82, 2.24) is 0 Å². The summed E-state index contributed by atoms with van der Waals surface area (Å²) in [4.78, 5) is 10.7. The van der Waals surface area contributed by atoms with Crippen LogP contribution in [-0.4, -0.2) is 17.1 Å². The Balaban J connectivity index is 3.00. The van der Waals surface area contributed by atoms with Crippen molar-refractivity contribution < 1.29 is 9.90 Å². The van der Waals surface area contributed by atoms with Gasteiger partial charge in [0.25, 0.3) is 0 Å². The Morgan fingerprint density at radius 1 is 1.33 bits per heavy atom. The lowest BCUT2D eigenvalue weighted by atomic mass is 9.94. The quantitative estimate of drug-likeness (QED) is 0.863. The van der Waals surface area contributed by atoms with Gasteiger partial charge in [0.05, 0.1) is 0 Å². The lowest BCUT2D eigenvalue weighted by Gasteiger charge is -2.16. The molecule has 0 aliphatic rings. The molecule has 3 N–H and O–H groups in total. The molecule has 0 aliphatic heterocycles. The van der Waals surface area contributed by atoms with Gasteiger partial charge in [0, 0.05) is 16.0 Å². The highest BCUT2D eigenvalue weighted by atomic mass is 35.5. The van der Waals surface area contributed by atoms with Gasteiger partial charge in [-0.25, -0.2) is 0 Å². The van der Waals surface area contributed by atoms with E-state index in [0.29, 0.717) is 10.0 Å². The predicted molar refractivity (Wildman–Crippen MR) is 60.5 cm³/mol. The van der Waals surface area contributed by atoms with Crippen LogP contribution in [0, 0.1) is 0 Å². The van der Waals surface area contributed by atoms with Crippen LogP contribution in [0.1, 0.15) is 18.4 Å². The first-order chi connectivity index (χ1) is 6.91. The monoisotopic (exact) mass is 247 g/mol. The molecule has 5 heteroatoms. The average molecular weight is 248 g/mol. The van der Waals surface area contributed by atoms with Crippen molar-refractivity contribution in [2.24, 2.45) is 5.73 Å². The minimum Gasteiger partial charge on any atom is -0.480 e. The van der Waals surface area contributed by atoms with E-state index >= 15 is 0 Å². The van der Waals surface area contributed by atoms with Gasteiger partial charge in [-0.1, -0.05) is 30.1 Å². The fourth-order valence-electron chi connectivity index (χ4n) is 1.26. The van der Waals surface area contributed by atoms with Crippen LogP contribution in [-0.2, 0) is 4.79 Å².